The average Bonchev–Trinajstić information content (AvgIpc) is 2.83. The Morgan fingerprint density at radius 1 is 1.39 bits per heavy atom. The minimum absolute atomic E-state index is 0.00780. The number of carbonyl (C=O) groups is 1. The number of rotatable bonds is 4. The molecule has 0 aliphatic rings. The van der Waals surface area contributed by atoms with Crippen molar-refractivity contribution in [3.8, 4) is 0 Å². The highest BCUT2D eigenvalue weighted by Gasteiger charge is 2.27. The molecule has 0 aromatic carbocycles. The lowest BCUT2D eigenvalue weighted by Crippen LogP contribution is -2.24. The number of carboxylic acids is 1. The molecule has 0 spiro atoms. The van der Waals surface area contributed by atoms with Crippen molar-refractivity contribution in [3.05, 3.63) is 30.4 Å². The zero-order chi connectivity index (χ0) is 16.8. The highest BCUT2D eigenvalue weighted by molar-refractivity contribution is 5.99. The number of halogens is 1. The Bertz CT molecular complexity index is 898. The molecule has 0 saturated heterocycles. The van der Waals surface area contributed by atoms with E-state index in [0.29, 0.717) is 27.9 Å². The van der Waals surface area contributed by atoms with Crippen LogP contribution < -0.4 is 0 Å². The Kier molecular flexibility index (Phi) is 3.50. The Morgan fingerprint density at radius 2 is 2.13 bits per heavy atom. The Balaban J connectivity index is 2.37. The second kappa shape index (κ2) is 5.26. The van der Waals surface area contributed by atoms with Gasteiger partial charge in [-0.25, -0.2) is 9.37 Å². The van der Waals surface area contributed by atoms with Crippen molar-refractivity contribution in [1.82, 2.24) is 19.5 Å². The van der Waals surface area contributed by atoms with Crippen LogP contribution in [0.2, 0.25) is 0 Å². The number of aromatic nitrogens is 4. The van der Waals surface area contributed by atoms with E-state index in [2.05, 4.69) is 15.0 Å². The normalized spacial score (nSPS) is 13.6. The van der Waals surface area contributed by atoms with Crippen LogP contribution in [-0.2, 0) is 11.3 Å². The highest BCUT2D eigenvalue weighted by Crippen LogP contribution is 2.29. The fourth-order valence-corrected chi connectivity index (χ4v) is 2.62. The summed E-state index contributed by atoms with van der Waals surface area (Å²) < 4.78 is 15.9. The first-order chi connectivity index (χ1) is 10.8. The lowest BCUT2D eigenvalue weighted by molar-refractivity contribution is -0.138. The molecule has 1 N–H and O–H groups in total. The van der Waals surface area contributed by atoms with Gasteiger partial charge in [-0.2, -0.15) is 0 Å². The largest absolute Gasteiger partial charge is 0.481 e. The van der Waals surface area contributed by atoms with Crippen LogP contribution in [0.3, 0.4) is 0 Å². The minimum Gasteiger partial charge on any atom is -0.481 e. The molecule has 120 valence electrons. The zero-order valence-electron chi connectivity index (χ0n) is 13.1. The van der Waals surface area contributed by atoms with E-state index in [4.69, 9.17) is 0 Å². The zero-order valence-corrected chi connectivity index (χ0v) is 13.1. The predicted octanol–water partition coefficient (Wildman–Crippen LogP) is 2.92. The number of hydrogen-bond donors (Lipinski definition) is 1. The molecular weight excluding hydrogens is 299 g/mol. The van der Waals surface area contributed by atoms with E-state index in [1.54, 1.807) is 29.1 Å². The molecule has 3 heterocycles. The summed E-state index contributed by atoms with van der Waals surface area (Å²) in [7, 11) is 0. The first-order valence-electron chi connectivity index (χ1n) is 7.29. The summed E-state index contributed by atoms with van der Waals surface area (Å²) in [4.78, 5) is 24.4. The lowest BCUT2D eigenvalue weighted by Gasteiger charge is -2.19. The number of hydrogen-bond acceptors (Lipinski definition) is 4. The van der Waals surface area contributed by atoms with Crippen LogP contribution in [-0.4, -0.2) is 36.3 Å². The van der Waals surface area contributed by atoms with Crippen LogP contribution in [0.1, 0.15) is 32.5 Å². The number of fused-ring (bicyclic) bond motifs is 3. The minimum atomic E-state index is -1.52. The molecular formula is C16H17FN4O2. The second-order valence-electron chi connectivity index (χ2n) is 6.20. The third-order valence-electron chi connectivity index (χ3n) is 3.65. The number of imidazole rings is 1. The Labute approximate surface area is 132 Å². The average molecular weight is 316 g/mol. The fraction of sp³-hybridized carbons (Fsp3) is 0.375. The number of aliphatic carboxylic acids is 1. The third kappa shape index (κ3) is 2.74. The second-order valence-corrected chi connectivity index (χ2v) is 6.20. The predicted molar refractivity (Wildman–Crippen MR) is 84.1 cm³/mol. The van der Waals surface area contributed by atoms with E-state index in [9.17, 15) is 14.3 Å². The number of pyridine rings is 2. The smallest absolute Gasteiger partial charge is 0.313 e. The van der Waals surface area contributed by atoms with Crippen LogP contribution in [0.15, 0.2) is 24.5 Å². The number of carboxylic acid groups (broad SMARTS) is 1. The van der Waals surface area contributed by atoms with Crippen molar-refractivity contribution in [2.75, 3.05) is 0 Å². The van der Waals surface area contributed by atoms with Crippen LogP contribution in [0.5, 0.6) is 0 Å². The maximum absolute atomic E-state index is 14.3. The highest BCUT2D eigenvalue weighted by atomic mass is 19.1. The summed E-state index contributed by atoms with van der Waals surface area (Å²) in [5.74, 6) is -1.56. The molecule has 3 rings (SSSR count). The van der Waals surface area contributed by atoms with Gasteiger partial charge in [0.05, 0.1) is 23.8 Å². The summed E-state index contributed by atoms with van der Waals surface area (Å²) >= 11 is 0. The summed E-state index contributed by atoms with van der Waals surface area (Å²) in [6.07, 6.45) is 3.20. The first-order valence-corrected chi connectivity index (χ1v) is 7.29. The van der Waals surface area contributed by atoms with Gasteiger partial charge in [0.1, 0.15) is 28.4 Å². The van der Waals surface area contributed by atoms with Gasteiger partial charge in [0.25, 0.3) is 0 Å². The van der Waals surface area contributed by atoms with Crippen molar-refractivity contribution in [1.29, 1.82) is 0 Å². The Morgan fingerprint density at radius 3 is 2.78 bits per heavy atom. The maximum atomic E-state index is 14.3. The third-order valence-corrected chi connectivity index (χ3v) is 3.65. The van der Waals surface area contributed by atoms with Gasteiger partial charge < -0.3 is 9.67 Å². The monoisotopic (exact) mass is 316 g/mol. The van der Waals surface area contributed by atoms with Gasteiger partial charge in [0.2, 0.25) is 0 Å². The van der Waals surface area contributed by atoms with E-state index >= 15 is 0 Å². The first kappa shape index (κ1) is 15.3. The van der Waals surface area contributed by atoms with Gasteiger partial charge in [-0.1, -0.05) is 0 Å². The quantitative estimate of drug-likeness (QED) is 0.800. The van der Waals surface area contributed by atoms with E-state index in [0.717, 1.165) is 0 Å². The van der Waals surface area contributed by atoms with E-state index < -0.39 is 17.6 Å². The SMILES string of the molecule is CC(C(=O)O)c1nc2cnc3cccnc3c2n1CC(C)(C)F. The molecule has 3 aromatic heterocycles. The van der Waals surface area contributed by atoms with Crippen molar-refractivity contribution >= 4 is 28.0 Å². The van der Waals surface area contributed by atoms with E-state index in [1.807, 2.05) is 0 Å². The summed E-state index contributed by atoms with van der Waals surface area (Å²) in [6, 6.07) is 3.57. The fourth-order valence-electron chi connectivity index (χ4n) is 2.62. The molecule has 0 aliphatic carbocycles. The molecule has 0 amide bonds. The van der Waals surface area contributed by atoms with Crippen molar-refractivity contribution < 1.29 is 14.3 Å². The van der Waals surface area contributed by atoms with E-state index in [1.165, 1.54) is 20.8 Å². The number of alkyl halides is 1. The van der Waals surface area contributed by atoms with Crippen LogP contribution >= 0.6 is 0 Å². The van der Waals surface area contributed by atoms with Crippen LogP contribution in [0, 0.1) is 0 Å². The van der Waals surface area contributed by atoms with Crippen LogP contribution in [0.25, 0.3) is 22.1 Å². The van der Waals surface area contributed by atoms with Gasteiger partial charge in [0.15, 0.2) is 0 Å². The Hall–Kier alpha value is -2.57. The van der Waals surface area contributed by atoms with Crippen molar-refractivity contribution in [2.24, 2.45) is 0 Å². The molecule has 0 radical (unpaired) electrons. The van der Waals surface area contributed by atoms with Gasteiger partial charge in [0, 0.05) is 6.20 Å². The van der Waals surface area contributed by atoms with Gasteiger partial charge in [-0.05, 0) is 32.9 Å². The number of nitrogens with zero attached hydrogens (tertiary/aromatic N) is 4. The molecule has 0 fully saturated rings. The standard InChI is InChI=1S/C16H17FN4O2/c1-9(15(22)23)14-20-11-7-19-10-5-4-6-18-12(10)13(11)21(14)8-16(2,3)17/h4-7,9H,8H2,1-3H3,(H,22,23). The molecule has 6 nitrogen and oxygen atoms in total. The van der Waals surface area contributed by atoms with Crippen molar-refractivity contribution in [3.63, 3.8) is 0 Å². The molecule has 1 unspecified atom stereocenters. The molecule has 0 bridgehead atoms. The molecule has 0 aliphatic heterocycles. The van der Waals surface area contributed by atoms with Gasteiger partial charge >= 0.3 is 5.97 Å². The van der Waals surface area contributed by atoms with E-state index in [-0.39, 0.29) is 6.54 Å². The molecule has 3 aromatic rings. The molecule has 1 atom stereocenters. The lowest BCUT2D eigenvalue weighted by atomic mass is 10.1. The van der Waals surface area contributed by atoms with Crippen molar-refractivity contribution in [2.45, 2.75) is 38.9 Å². The van der Waals surface area contributed by atoms with Crippen LogP contribution in [0.4, 0.5) is 4.39 Å². The summed E-state index contributed by atoms with van der Waals surface area (Å²) in [5, 5.41) is 9.32. The molecule has 23 heavy (non-hydrogen) atoms. The molecule has 0 saturated carbocycles. The molecule has 7 heteroatoms. The summed E-state index contributed by atoms with van der Waals surface area (Å²) in [5.41, 5.74) is 0.858. The topological polar surface area (TPSA) is 80.9 Å². The summed E-state index contributed by atoms with van der Waals surface area (Å²) in [6.45, 7) is 4.43. The van der Waals surface area contributed by atoms with Gasteiger partial charge in [-0.3, -0.25) is 14.8 Å². The van der Waals surface area contributed by atoms with Gasteiger partial charge in [-0.15, -0.1) is 0 Å². The maximum Gasteiger partial charge on any atom is 0.313 e.